The molecule has 0 aliphatic carbocycles. The molecule has 116 valence electrons. The highest BCUT2D eigenvalue weighted by atomic mass is 16.5. The van der Waals surface area contributed by atoms with Crippen LogP contribution in [0.15, 0.2) is 42.5 Å². The lowest BCUT2D eigenvalue weighted by molar-refractivity contribution is -0.114. The van der Waals surface area contributed by atoms with Gasteiger partial charge in [-0.1, -0.05) is 25.1 Å². The number of hydrogen-bond acceptors (Lipinski definition) is 3. The normalized spacial score (nSPS) is 10.1. The van der Waals surface area contributed by atoms with E-state index in [4.69, 9.17) is 4.74 Å². The monoisotopic (exact) mass is 298 g/mol. The predicted molar refractivity (Wildman–Crippen MR) is 90.7 cm³/mol. The zero-order valence-electron chi connectivity index (χ0n) is 13.3. The number of benzene rings is 2. The molecule has 0 radical (unpaired) electrons. The maximum absolute atomic E-state index is 12.1. The first kappa shape index (κ1) is 15.9. The van der Waals surface area contributed by atoms with E-state index in [0.717, 1.165) is 34.7 Å². The van der Waals surface area contributed by atoms with Gasteiger partial charge in [0.2, 0.25) is 5.91 Å². The molecule has 0 aromatic heterocycles. The van der Waals surface area contributed by atoms with Gasteiger partial charge in [0.15, 0.2) is 0 Å². The molecule has 22 heavy (non-hydrogen) atoms. The zero-order valence-corrected chi connectivity index (χ0v) is 13.3. The topological polar surface area (TPSA) is 50.4 Å². The van der Waals surface area contributed by atoms with E-state index in [-0.39, 0.29) is 12.5 Å². The number of para-hydroxylation sites is 1. The van der Waals surface area contributed by atoms with Gasteiger partial charge in [0, 0.05) is 11.4 Å². The van der Waals surface area contributed by atoms with Crippen LogP contribution in [0, 0.1) is 6.92 Å². The first-order valence-corrected chi connectivity index (χ1v) is 7.40. The summed E-state index contributed by atoms with van der Waals surface area (Å²) in [5.41, 5.74) is 4.04. The highest BCUT2D eigenvalue weighted by Crippen LogP contribution is 2.21. The molecule has 2 rings (SSSR count). The molecule has 0 atom stereocenters. The van der Waals surface area contributed by atoms with E-state index >= 15 is 0 Å². The largest absolute Gasteiger partial charge is 0.497 e. The van der Waals surface area contributed by atoms with Crippen molar-refractivity contribution < 1.29 is 9.53 Å². The molecule has 2 aromatic rings. The Balaban J connectivity index is 1.95. The number of hydrogen-bond donors (Lipinski definition) is 2. The van der Waals surface area contributed by atoms with Crippen molar-refractivity contribution in [3.05, 3.63) is 53.6 Å². The Morgan fingerprint density at radius 2 is 1.86 bits per heavy atom. The van der Waals surface area contributed by atoms with Gasteiger partial charge in [-0.2, -0.15) is 0 Å². The van der Waals surface area contributed by atoms with Gasteiger partial charge in [-0.15, -0.1) is 0 Å². The van der Waals surface area contributed by atoms with Gasteiger partial charge in [0.1, 0.15) is 5.75 Å². The smallest absolute Gasteiger partial charge is 0.243 e. The molecule has 0 aliphatic rings. The molecule has 0 heterocycles. The second kappa shape index (κ2) is 7.50. The minimum Gasteiger partial charge on any atom is -0.497 e. The van der Waals surface area contributed by atoms with Crippen molar-refractivity contribution in [2.24, 2.45) is 0 Å². The van der Waals surface area contributed by atoms with Crippen molar-refractivity contribution in [3.63, 3.8) is 0 Å². The molecule has 0 unspecified atom stereocenters. The van der Waals surface area contributed by atoms with E-state index in [0.29, 0.717) is 0 Å². The van der Waals surface area contributed by atoms with Crippen LogP contribution in [0.4, 0.5) is 11.4 Å². The average molecular weight is 298 g/mol. The first-order chi connectivity index (χ1) is 10.6. The number of amides is 1. The van der Waals surface area contributed by atoms with Crippen LogP contribution in [0.1, 0.15) is 18.1 Å². The lowest BCUT2D eigenvalue weighted by atomic mass is 10.1. The highest BCUT2D eigenvalue weighted by Gasteiger charge is 2.08. The summed E-state index contributed by atoms with van der Waals surface area (Å²) in [6, 6.07) is 13.5. The van der Waals surface area contributed by atoms with Gasteiger partial charge in [-0.05, 0) is 48.7 Å². The van der Waals surface area contributed by atoms with E-state index in [9.17, 15) is 4.79 Å². The van der Waals surface area contributed by atoms with Gasteiger partial charge in [-0.25, -0.2) is 0 Å². The van der Waals surface area contributed by atoms with Crippen LogP contribution < -0.4 is 15.4 Å². The van der Waals surface area contributed by atoms with Gasteiger partial charge in [0.25, 0.3) is 0 Å². The van der Waals surface area contributed by atoms with Gasteiger partial charge in [-0.3, -0.25) is 4.79 Å². The Morgan fingerprint density at radius 1 is 1.14 bits per heavy atom. The molecule has 1 amide bonds. The molecule has 0 saturated heterocycles. The molecule has 2 aromatic carbocycles. The molecular weight excluding hydrogens is 276 g/mol. The minimum atomic E-state index is -0.0557. The standard InChI is InChI=1S/C18H22N2O2/c1-4-14-7-5-6-13(2)18(14)20-17(21)12-19-15-8-10-16(22-3)11-9-15/h5-11,19H,4,12H2,1-3H3,(H,20,21). The molecular formula is C18H22N2O2. The molecule has 4 heteroatoms. The van der Waals surface area contributed by atoms with Crippen molar-refractivity contribution in [1.82, 2.24) is 0 Å². The van der Waals surface area contributed by atoms with Crippen molar-refractivity contribution in [2.45, 2.75) is 20.3 Å². The summed E-state index contributed by atoms with van der Waals surface area (Å²) in [6.45, 7) is 4.32. The molecule has 0 spiro atoms. The lowest BCUT2D eigenvalue weighted by Crippen LogP contribution is -2.22. The third-order valence-corrected chi connectivity index (χ3v) is 3.55. The number of carbonyl (C=O) groups excluding carboxylic acids is 1. The van der Waals surface area contributed by atoms with Gasteiger partial charge < -0.3 is 15.4 Å². The number of rotatable bonds is 6. The Kier molecular flexibility index (Phi) is 5.42. The molecule has 2 N–H and O–H groups in total. The van der Waals surface area contributed by atoms with Gasteiger partial charge >= 0.3 is 0 Å². The molecule has 0 bridgehead atoms. The van der Waals surface area contributed by atoms with E-state index in [1.54, 1.807) is 7.11 Å². The van der Waals surface area contributed by atoms with Crippen LogP contribution in [0.25, 0.3) is 0 Å². The fraction of sp³-hybridized carbons (Fsp3) is 0.278. The summed E-state index contributed by atoms with van der Waals surface area (Å²) in [4.78, 5) is 12.1. The first-order valence-electron chi connectivity index (χ1n) is 7.40. The van der Waals surface area contributed by atoms with Crippen molar-refractivity contribution in [3.8, 4) is 5.75 Å². The van der Waals surface area contributed by atoms with E-state index < -0.39 is 0 Å². The van der Waals surface area contributed by atoms with Crippen LogP contribution in [-0.2, 0) is 11.2 Å². The summed E-state index contributed by atoms with van der Waals surface area (Å²) in [7, 11) is 1.63. The number of methoxy groups -OCH3 is 1. The average Bonchev–Trinajstić information content (AvgIpc) is 2.55. The second-order valence-electron chi connectivity index (χ2n) is 5.09. The van der Waals surface area contributed by atoms with Crippen LogP contribution in [-0.4, -0.2) is 19.6 Å². The Hall–Kier alpha value is -2.49. The van der Waals surface area contributed by atoms with E-state index in [1.807, 2.05) is 49.4 Å². The molecule has 4 nitrogen and oxygen atoms in total. The Labute approximate surface area is 131 Å². The summed E-state index contributed by atoms with van der Waals surface area (Å²) in [6.07, 6.45) is 0.892. The SMILES string of the molecule is CCc1cccc(C)c1NC(=O)CNc1ccc(OC)cc1. The zero-order chi connectivity index (χ0) is 15.9. The maximum atomic E-state index is 12.1. The van der Waals surface area contributed by atoms with Crippen molar-refractivity contribution >= 4 is 17.3 Å². The maximum Gasteiger partial charge on any atom is 0.243 e. The van der Waals surface area contributed by atoms with Crippen LogP contribution >= 0.6 is 0 Å². The number of aryl methyl sites for hydroxylation is 2. The van der Waals surface area contributed by atoms with Crippen molar-refractivity contribution in [2.75, 3.05) is 24.3 Å². The Bertz CT molecular complexity index is 636. The molecule has 0 saturated carbocycles. The molecule has 0 fully saturated rings. The Morgan fingerprint density at radius 3 is 2.50 bits per heavy atom. The van der Waals surface area contributed by atoms with Crippen LogP contribution in [0.3, 0.4) is 0 Å². The summed E-state index contributed by atoms with van der Waals surface area (Å²) >= 11 is 0. The van der Waals surface area contributed by atoms with E-state index in [2.05, 4.69) is 17.6 Å². The second-order valence-corrected chi connectivity index (χ2v) is 5.09. The fourth-order valence-corrected chi connectivity index (χ4v) is 2.28. The summed E-state index contributed by atoms with van der Waals surface area (Å²) in [5.74, 6) is 0.738. The lowest BCUT2D eigenvalue weighted by Gasteiger charge is -2.13. The summed E-state index contributed by atoms with van der Waals surface area (Å²) < 4.78 is 5.11. The number of carbonyl (C=O) groups is 1. The fourth-order valence-electron chi connectivity index (χ4n) is 2.28. The highest BCUT2D eigenvalue weighted by molar-refractivity contribution is 5.95. The van der Waals surface area contributed by atoms with Crippen molar-refractivity contribution in [1.29, 1.82) is 0 Å². The third-order valence-electron chi connectivity index (χ3n) is 3.55. The number of anilines is 2. The number of ether oxygens (including phenoxy) is 1. The minimum absolute atomic E-state index is 0.0557. The third kappa shape index (κ3) is 4.01. The van der Waals surface area contributed by atoms with E-state index in [1.165, 1.54) is 0 Å². The van der Waals surface area contributed by atoms with Gasteiger partial charge in [0.05, 0.1) is 13.7 Å². The summed E-state index contributed by atoms with van der Waals surface area (Å²) in [5, 5.41) is 6.10. The predicted octanol–water partition coefficient (Wildman–Crippen LogP) is 3.62. The van der Waals surface area contributed by atoms with Crippen LogP contribution in [0.5, 0.6) is 5.75 Å². The van der Waals surface area contributed by atoms with Crippen LogP contribution in [0.2, 0.25) is 0 Å². The number of nitrogens with one attached hydrogen (secondary N) is 2. The quantitative estimate of drug-likeness (QED) is 0.856. The molecule has 0 aliphatic heterocycles.